The molecule has 58 valence electrons. The lowest BCUT2D eigenvalue weighted by molar-refractivity contribution is -0.117. The second-order valence-corrected chi connectivity index (χ2v) is 2.91. The second-order valence-electron chi connectivity index (χ2n) is 2.91. The second kappa shape index (κ2) is 3.15. The summed E-state index contributed by atoms with van der Waals surface area (Å²) >= 11 is 0. The van der Waals surface area contributed by atoms with E-state index >= 15 is 0 Å². The maximum absolute atomic E-state index is 10.6. The van der Waals surface area contributed by atoms with Crippen molar-refractivity contribution in [3.05, 3.63) is 0 Å². The number of rotatable bonds is 4. The Morgan fingerprint density at radius 1 is 1.50 bits per heavy atom. The number of hydrogen-bond acceptors (Lipinski definition) is 2. The zero-order valence-electron chi connectivity index (χ0n) is 6.59. The number of carbonyl (C=O) groups excluding carboxylic acids is 1. The SMILES string of the molecule is CCCC1OC1CC(C)=O. The fourth-order valence-corrected chi connectivity index (χ4v) is 1.18. The molecule has 0 N–H and O–H groups in total. The van der Waals surface area contributed by atoms with Crippen LogP contribution in [0.15, 0.2) is 0 Å². The molecular weight excluding hydrogens is 128 g/mol. The molecular formula is C8H14O2. The van der Waals surface area contributed by atoms with E-state index in [0.717, 1.165) is 12.8 Å². The van der Waals surface area contributed by atoms with Crippen LogP contribution in [0.2, 0.25) is 0 Å². The van der Waals surface area contributed by atoms with Crippen molar-refractivity contribution in [1.29, 1.82) is 0 Å². The summed E-state index contributed by atoms with van der Waals surface area (Å²) < 4.78 is 5.25. The van der Waals surface area contributed by atoms with Crippen LogP contribution in [0.1, 0.15) is 33.1 Å². The fourth-order valence-electron chi connectivity index (χ4n) is 1.18. The van der Waals surface area contributed by atoms with Gasteiger partial charge in [0.05, 0.1) is 12.2 Å². The number of Topliss-reactive ketones (excluding diaryl/α,β-unsaturated/α-hetero) is 1. The molecule has 0 aliphatic carbocycles. The van der Waals surface area contributed by atoms with Crippen molar-refractivity contribution in [2.75, 3.05) is 0 Å². The molecule has 1 aliphatic heterocycles. The van der Waals surface area contributed by atoms with Crippen LogP contribution in [0.4, 0.5) is 0 Å². The van der Waals surface area contributed by atoms with E-state index in [-0.39, 0.29) is 11.9 Å². The van der Waals surface area contributed by atoms with Crippen LogP contribution in [0, 0.1) is 0 Å². The van der Waals surface area contributed by atoms with Crippen molar-refractivity contribution in [2.24, 2.45) is 0 Å². The van der Waals surface area contributed by atoms with Crippen LogP contribution in [0.3, 0.4) is 0 Å². The molecule has 0 aromatic heterocycles. The number of epoxide rings is 1. The van der Waals surface area contributed by atoms with Gasteiger partial charge in [0.2, 0.25) is 0 Å². The lowest BCUT2D eigenvalue weighted by atomic mass is 10.1. The fraction of sp³-hybridized carbons (Fsp3) is 0.875. The maximum atomic E-state index is 10.6. The largest absolute Gasteiger partial charge is 0.369 e. The number of ether oxygens (including phenoxy) is 1. The number of hydrogen-bond donors (Lipinski definition) is 0. The molecule has 0 bridgehead atoms. The van der Waals surface area contributed by atoms with Crippen LogP contribution < -0.4 is 0 Å². The summed E-state index contributed by atoms with van der Waals surface area (Å²) in [5.74, 6) is 0.239. The van der Waals surface area contributed by atoms with Gasteiger partial charge in [-0.25, -0.2) is 0 Å². The van der Waals surface area contributed by atoms with Gasteiger partial charge in [-0.3, -0.25) is 4.79 Å². The van der Waals surface area contributed by atoms with E-state index in [1.165, 1.54) is 0 Å². The minimum absolute atomic E-state index is 0.239. The molecule has 2 unspecified atom stereocenters. The van der Waals surface area contributed by atoms with Gasteiger partial charge >= 0.3 is 0 Å². The van der Waals surface area contributed by atoms with Crippen molar-refractivity contribution < 1.29 is 9.53 Å². The average Bonchev–Trinajstić information content (AvgIpc) is 2.47. The standard InChI is InChI=1S/C8H14O2/c1-3-4-7-8(10-7)5-6(2)9/h7-8H,3-5H2,1-2H3. The van der Waals surface area contributed by atoms with Gasteiger partial charge in [-0.15, -0.1) is 0 Å². The molecule has 0 aromatic carbocycles. The molecule has 10 heavy (non-hydrogen) atoms. The molecule has 1 aliphatic rings. The summed E-state index contributed by atoms with van der Waals surface area (Å²) in [6.07, 6.45) is 3.54. The van der Waals surface area contributed by atoms with Crippen LogP contribution >= 0.6 is 0 Å². The van der Waals surface area contributed by atoms with Crippen molar-refractivity contribution in [3.63, 3.8) is 0 Å². The highest BCUT2D eigenvalue weighted by Gasteiger charge is 2.37. The van der Waals surface area contributed by atoms with Gasteiger partial charge in [-0.2, -0.15) is 0 Å². The Bertz CT molecular complexity index is 131. The lowest BCUT2D eigenvalue weighted by Crippen LogP contribution is -1.99. The summed E-state index contributed by atoms with van der Waals surface area (Å²) in [6, 6.07) is 0. The Hall–Kier alpha value is -0.370. The molecule has 0 aromatic rings. The van der Waals surface area contributed by atoms with Crippen molar-refractivity contribution in [2.45, 2.75) is 45.3 Å². The van der Waals surface area contributed by atoms with Crippen LogP contribution in [-0.2, 0) is 9.53 Å². The van der Waals surface area contributed by atoms with Gasteiger partial charge in [0, 0.05) is 6.42 Å². The van der Waals surface area contributed by atoms with Gasteiger partial charge in [-0.05, 0) is 13.3 Å². The van der Waals surface area contributed by atoms with E-state index in [2.05, 4.69) is 6.92 Å². The molecule has 2 atom stereocenters. The van der Waals surface area contributed by atoms with Gasteiger partial charge in [-0.1, -0.05) is 13.3 Å². The third-order valence-electron chi connectivity index (χ3n) is 1.75. The zero-order valence-corrected chi connectivity index (χ0v) is 6.59. The Kier molecular flexibility index (Phi) is 2.44. The molecule has 0 saturated carbocycles. The molecule has 0 radical (unpaired) electrons. The Morgan fingerprint density at radius 2 is 2.20 bits per heavy atom. The number of ketones is 1. The van der Waals surface area contributed by atoms with Crippen molar-refractivity contribution in [3.8, 4) is 0 Å². The predicted octanol–water partition coefficient (Wildman–Crippen LogP) is 1.53. The van der Waals surface area contributed by atoms with E-state index in [0.29, 0.717) is 12.5 Å². The highest BCUT2D eigenvalue weighted by atomic mass is 16.6. The first-order chi connectivity index (χ1) is 4.74. The van der Waals surface area contributed by atoms with E-state index in [1.54, 1.807) is 6.92 Å². The first-order valence-electron chi connectivity index (χ1n) is 3.89. The molecule has 0 amide bonds. The van der Waals surface area contributed by atoms with E-state index in [4.69, 9.17) is 4.74 Å². The summed E-state index contributed by atoms with van der Waals surface area (Å²) in [4.78, 5) is 10.6. The monoisotopic (exact) mass is 142 g/mol. The first kappa shape index (κ1) is 7.73. The van der Waals surface area contributed by atoms with Crippen LogP contribution in [0.25, 0.3) is 0 Å². The first-order valence-corrected chi connectivity index (χ1v) is 3.89. The summed E-state index contributed by atoms with van der Waals surface area (Å²) in [7, 11) is 0. The molecule has 1 rings (SSSR count). The van der Waals surface area contributed by atoms with E-state index in [1.807, 2.05) is 0 Å². The molecule has 1 fully saturated rings. The third kappa shape index (κ3) is 2.10. The predicted molar refractivity (Wildman–Crippen MR) is 38.9 cm³/mol. The van der Waals surface area contributed by atoms with Gasteiger partial charge in [0.25, 0.3) is 0 Å². The molecule has 2 nitrogen and oxygen atoms in total. The van der Waals surface area contributed by atoms with Crippen molar-refractivity contribution in [1.82, 2.24) is 0 Å². The van der Waals surface area contributed by atoms with Gasteiger partial charge in [0.15, 0.2) is 0 Å². The Balaban J connectivity index is 2.07. The van der Waals surface area contributed by atoms with Crippen molar-refractivity contribution >= 4 is 5.78 Å². The highest BCUT2D eigenvalue weighted by molar-refractivity contribution is 5.76. The van der Waals surface area contributed by atoms with Gasteiger partial charge < -0.3 is 4.74 Å². The van der Waals surface area contributed by atoms with Crippen LogP contribution in [-0.4, -0.2) is 18.0 Å². The molecule has 1 saturated heterocycles. The minimum atomic E-state index is 0.239. The quantitative estimate of drug-likeness (QED) is 0.557. The smallest absolute Gasteiger partial charge is 0.132 e. The van der Waals surface area contributed by atoms with Crippen LogP contribution in [0.5, 0.6) is 0 Å². The summed E-state index contributed by atoms with van der Waals surface area (Å²) in [5, 5.41) is 0. The Morgan fingerprint density at radius 3 is 2.70 bits per heavy atom. The topological polar surface area (TPSA) is 29.6 Å². The molecule has 2 heteroatoms. The lowest BCUT2D eigenvalue weighted by Gasteiger charge is -1.87. The summed E-state index contributed by atoms with van der Waals surface area (Å²) in [6.45, 7) is 3.75. The third-order valence-corrected chi connectivity index (χ3v) is 1.75. The average molecular weight is 142 g/mol. The summed E-state index contributed by atoms with van der Waals surface area (Å²) in [5.41, 5.74) is 0. The normalized spacial score (nSPS) is 30.2. The number of carbonyl (C=O) groups is 1. The van der Waals surface area contributed by atoms with E-state index in [9.17, 15) is 4.79 Å². The zero-order chi connectivity index (χ0) is 7.56. The van der Waals surface area contributed by atoms with Gasteiger partial charge in [0.1, 0.15) is 5.78 Å². The van der Waals surface area contributed by atoms with E-state index < -0.39 is 0 Å². The highest BCUT2D eigenvalue weighted by Crippen LogP contribution is 2.29. The molecule has 1 heterocycles. The minimum Gasteiger partial charge on any atom is -0.369 e. The maximum Gasteiger partial charge on any atom is 0.132 e. The molecule has 0 spiro atoms. The Labute approximate surface area is 61.6 Å².